The van der Waals surface area contributed by atoms with Gasteiger partial charge in [0.2, 0.25) is 0 Å². The fourth-order valence-corrected chi connectivity index (χ4v) is 1.62. The Bertz CT molecular complexity index is 444. The molecule has 0 saturated carbocycles. The first-order valence-corrected chi connectivity index (χ1v) is 6.18. The van der Waals surface area contributed by atoms with Crippen LogP contribution in [0.3, 0.4) is 0 Å². The SMILES string of the molecule is CCC(C)N(CC(=O)O)C(=O)NCc1ccn(C)n1. The third kappa shape index (κ3) is 4.61. The van der Waals surface area contributed by atoms with E-state index in [4.69, 9.17) is 5.11 Å². The molecule has 1 unspecified atom stereocenters. The van der Waals surface area contributed by atoms with Crippen molar-refractivity contribution >= 4 is 12.0 Å². The number of carboxylic acid groups (broad SMARTS) is 1. The van der Waals surface area contributed by atoms with E-state index in [2.05, 4.69) is 10.4 Å². The van der Waals surface area contributed by atoms with Crippen LogP contribution in [0.2, 0.25) is 0 Å². The highest BCUT2D eigenvalue weighted by Gasteiger charge is 2.21. The number of carbonyl (C=O) groups is 2. The summed E-state index contributed by atoms with van der Waals surface area (Å²) in [4.78, 5) is 24.1. The van der Waals surface area contributed by atoms with Gasteiger partial charge in [0, 0.05) is 19.3 Å². The van der Waals surface area contributed by atoms with Gasteiger partial charge < -0.3 is 15.3 Å². The first kappa shape index (κ1) is 15.0. The molecule has 0 radical (unpaired) electrons. The Morgan fingerprint density at radius 2 is 2.26 bits per heavy atom. The van der Waals surface area contributed by atoms with Crippen LogP contribution < -0.4 is 5.32 Å². The lowest BCUT2D eigenvalue weighted by Gasteiger charge is -2.26. The molecule has 2 amide bonds. The van der Waals surface area contributed by atoms with Crippen molar-refractivity contribution in [2.24, 2.45) is 7.05 Å². The van der Waals surface area contributed by atoms with E-state index in [1.807, 2.05) is 13.8 Å². The van der Waals surface area contributed by atoms with Crippen LogP contribution in [0, 0.1) is 0 Å². The normalized spacial score (nSPS) is 11.9. The molecule has 0 aliphatic rings. The lowest BCUT2D eigenvalue weighted by Crippen LogP contribution is -2.47. The Labute approximate surface area is 112 Å². The topological polar surface area (TPSA) is 87.5 Å². The van der Waals surface area contributed by atoms with Crippen molar-refractivity contribution in [3.8, 4) is 0 Å². The fourth-order valence-electron chi connectivity index (χ4n) is 1.62. The molecule has 0 bridgehead atoms. The summed E-state index contributed by atoms with van der Waals surface area (Å²) in [5.41, 5.74) is 0.732. The van der Waals surface area contributed by atoms with Crippen LogP contribution in [0.25, 0.3) is 0 Å². The molecular weight excluding hydrogens is 248 g/mol. The molecule has 0 aliphatic carbocycles. The molecule has 0 saturated heterocycles. The number of rotatable bonds is 6. The standard InChI is InChI=1S/C12H20N4O3/c1-4-9(2)16(8-11(17)18)12(19)13-7-10-5-6-15(3)14-10/h5-6,9H,4,7-8H2,1-3H3,(H,13,19)(H,17,18). The van der Waals surface area contributed by atoms with Crippen LogP contribution in [0.5, 0.6) is 0 Å². The van der Waals surface area contributed by atoms with Gasteiger partial charge >= 0.3 is 12.0 Å². The summed E-state index contributed by atoms with van der Waals surface area (Å²) in [6.07, 6.45) is 2.48. The van der Waals surface area contributed by atoms with Gasteiger partial charge in [0.05, 0.1) is 12.2 Å². The van der Waals surface area contributed by atoms with Gasteiger partial charge in [0.15, 0.2) is 0 Å². The van der Waals surface area contributed by atoms with E-state index in [9.17, 15) is 9.59 Å². The van der Waals surface area contributed by atoms with Gasteiger partial charge in [-0.05, 0) is 19.4 Å². The minimum absolute atomic E-state index is 0.125. The first-order chi connectivity index (χ1) is 8.93. The second kappa shape index (κ2) is 6.77. The van der Waals surface area contributed by atoms with E-state index in [1.165, 1.54) is 4.90 Å². The van der Waals surface area contributed by atoms with Gasteiger partial charge in [-0.25, -0.2) is 4.79 Å². The Morgan fingerprint density at radius 1 is 1.58 bits per heavy atom. The number of hydrogen-bond acceptors (Lipinski definition) is 3. The van der Waals surface area contributed by atoms with Crippen molar-refractivity contribution in [3.63, 3.8) is 0 Å². The zero-order valence-corrected chi connectivity index (χ0v) is 11.5. The molecule has 0 fully saturated rings. The monoisotopic (exact) mass is 268 g/mol. The quantitative estimate of drug-likeness (QED) is 0.799. The number of hydrogen-bond donors (Lipinski definition) is 2. The summed E-state index contributed by atoms with van der Waals surface area (Å²) in [7, 11) is 1.79. The summed E-state index contributed by atoms with van der Waals surface area (Å²) in [6.45, 7) is 3.71. The molecule has 0 spiro atoms. The number of nitrogens with zero attached hydrogens (tertiary/aromatic N) is 3. The van der Waals surface area contributed by atoms with E-state index in [0.717, 1.165) is 5.69 Å². The average molecular weight is 268 g/mol. The maximum Gasteiger partial charge on any atom is 0.323 e. The second-order valence-electron chi connectivity index (χ2n) is 4.42. The number of carboxylic acids is 1. The molecule has 1 aromatic rings. The molecule has 7 heteroatoms. The lowest BCUT2D eigenvalue weighted by molar-refractivity contribution is -0.138. The maximum absolute atomic E-state index is 12.0. The van der Waals surface area contributed by atoms with Crippen LogP contribution in [-0.4, -0.2) is 44.4 Å². The zero-order valence-electron chi connectivity index (χ0n) is 11.5. The van der Waals surface area contributed by atoms with Crippen LogP contribution in [0.15, 0.2) is 12.3 Å². The van der Waals surface area contributed by atoms with Crippen LogP contribution >= 0.6 is 0 Å². The predicted molar refractivity (Wildman–Crippen MR) is 69.5 cm³/mol. The number of nitrogens with one attached hydrogen (secondary N) is 1. The van der Waals surface area contributed by atoms with Gasteiger partial charge in [-0.15, -0.1) is 0 Å². The van der Waals surface area contributed by atoms with E-state index in [0.29, 0.717) is 6.42 Å². The average Bonchev–Trinajstić information content (AvgIpc) is 2.77. The summed E-state index contributed by atoms with van der Waals surface area (Å²) < 4.78 is 1.64. The molecule has 1 aromatic heterocycles. The predicted octanol–water partition coefficient (Wildman–Crippen LogP) is 0.815. The minimum Gasteiger partial charge on any atom is -0.480 e. The van der Waals surface area contributed by atoms with Crippen LogP contribution in [-0.2, 0) is 18.4 Å². The molecule has 1 heterocycles. The largest absolute Gasteiger partial charge is 0.480 e. The molecule has 0 aromatic carbocycles. The van der Waals surface area contributed by atoms with E-state index in [1.54, 1.807) is 24.0 Å². The molecule has 106 valence electrons. The van der Waals surface area contributed by atoms with E-state index < -0.39 is 5.97 Å². The summed E-state index contributed by atoms with van der Waals surface area (Å²) >= 11 is 0. The van der Waals surface area contributed by atoms with Gasteiger partial charge in [-0.1, -0.05) is 6.92 Å². The smallest absolute Gasteiger partial charge is 0.323 e. The molecule has 1 rings (SSSR count). The maximum atomic E-state index is 12.0. The van der Waals surface area contributed by atoms with Crippen LogP contribution in [0.1, 0.15) is 26.0 Å². The Hall–Kier alpha value is -2.05. The molecule has 0 aliphatic heterocycles. The first-order valence-electron chi connectivity index (χ1n) is 6.18. The van der Waals surface area contributed by atoms with Gasteiger partial charge in [-0.3, -0.25) is 9.48 Å². The molecule has 1 atom stereocenters. The Kier molecular flexibility index (Phi) is 5.35. The van der Waals surface area contributed by atoms with Crippen molar-refractivity contribution < 1.29 is 14.7 Å². The van der Waals surface area contributed by atoms with Gasteiger partial charge in [0.25, 0.3) is 0 Å². The Balaban J connectivity index is 2.58. The zero-order chi connectivity index (χ0) is 14.4. The van der Waals surface area contributed by atoms with E-state index in [-0.39, 0.29) is 25.2 Å². The number of carbonyl (C=O) groups excluding carboxylic acids is 1. The third-order valence-corrected chi connectivity index (χ3v) is 2.88. The van der Waals surface area contributed by atoms with Crippen molar-refractivity contribution in [1.82, 2.24) is 20.0 Å². The van der Waals surface area contributed by atoms with Crippen molar-refractivity contribution in [3.05, 3.63) is 18.0 Å². The highest BCUT2D eigenvalue weighted by atomic mass is 16.4. The number of aliphatic carboxylic acids is 1. The summed E-state index contributed by atoms with van der Waals surface area (Å²) in [6, 6.07) is 1.28. The number of urea groups is 1. The van der Waals surface area contributed by atoms with Gasteiger partial charge in [0.1, 0.15) is 6.54 Å². The van der Waals surface area contributed by atoms with Crippen molar-refractivity contribution in [1.29, 1.82) is 0 Å². The van der Waals surface area contributed by atoms with Crippen LogP contribution in [0.4, 0.5) is 4.79 Å². The fraction of sp³-hybridized carbons (Fsp3) is 0.583. The van der Waals surface area contributed by atoms with Crippen molar-refractivity contribution in [2.75, 3.05) is 6.54 Å². The molecule has 19 heavy (non-hydrogen) atoms. The number of aromatic nitrogens is 2. The lowest BCUT2D eigenvalue weighted by atomic mass is 10.2. The molecular formula is C12H20N4O3. The third-order valence-electron chi connectivity index (χ3n) is 2.88. The number of amides is 2. The summed E-state index contributed by atoms with van der Waals surface area (Å²) in [5.74, 6) is -1.02. The van der Waals surface area contributed by atoms with Gasteiger partial charge in [-0.2, -0.15) is 5.10 Å². The number of aryl methyl sites for hydroxylation is 1. The van der Waals surface area contributed by atoms with Crippen molar-refractivity contribution in [2.45, 2.75) is 32.9 Å². The highest BCUT2D eigenvalue weighted by molar-refractivity contribution is 5.80. The summed E-state index contributed by atoms with van der Waals surface area (Å²) in [5, 5.41) is 15.6. The highest BCUT2D eigenvalue weighted by Crippen LogP contribution is 2.04. The minimum atomic E-state index is -1.02. The molecule has 7 nitrogen and oxygen atoms in total. The second-order valence-corrected chi connectivity index (χ2v) is 4.42. The molecule has 2 N–H and O–H groups in total. The van der Waals surface area contributed by atoms with E-state index >= 15 is 0 Å². The Morgan fingerprint density at radius 3 is 2.74 bits per heavy atom.